The Hall–Kier alpha value is -0.0400. The molecule has 0 aromatic rings. The van der Waals surface area contributed by atoms with Crippen LogP contribution in [0.25, 0.3) is 0 Å². The summed E-state index contributed by atoms with van der Waals surface area (Å²) in [6.45, 7) is 0.985. The maximum absolute atomic E-state index is 6.00. The molecule has 0 aliphatic heterocycles. The van der Waals surface area contributed by atoms with Crippen molar-refractivity contribution in [3.05, 3.63) is 0 Å². The molecule has 68 valence electrons. The molecule has 0 unspecified atom stereocenters. The van der Waals surface area contributed by atoms with Gasteiger partial charge >= 0.3 is 0 Å². The second-order valence-electron chi connectivity index (χ2n) is 5.21. The summed E-state index contributed by atoms with van der Waals surface area (Å²) in [5, 5.41) is 0. The SMILES string of the molecule is NC[C@@]12CCC[C@@H]1[C@H]1CC[C@H]2C1. The number of hydrogen-bond acceptors (Lipinski definition) is 1. The normalized spacial score (nSPS) is 56.2. The molecular formula is C11H19N. The van der Waals surface area contributed by atoms with Gasteiger partial charge in [-0.3, -0.25) is 0 Å². The summed E-state index contributed by atoms with van der Waals surface area (Å²) < 4.78 is 0. The molecule has 3 aliphatic carbocycles. The molecule has 0 radical (unpaired) electrons. The number of nitrogens with two attached hydrogens (primary N) is 1. The first-order chi connectivity index (χ1) is 5.87. The van der Waals surface area contributed by atoms with Crippen molar-refractivity contribution in [3.63, 3.8) is 0 Å². The van der Waals surface area contributed by atoms with Gasteiger partial charge in [-0.05, 0) is 61.8 Å². The Bertz CT molecular complexity index is 201. The van der Waals surface area contributed by atoms with Crippen LogP contribution in [0.1, 0.15) is 38.5 Å². The molecule has 2 bridgehead atoms. The van der Waals surface area contributed by atoms with Crippen LogP contribution in [-0.4, -0.2) is 6.54 Å². The summed E-state index contributed by atoms with van der Waals surface area (Å²) in [4.78, 5) is 0. The first-order valence-corrected chi connectivity index (χ1v) is 5.57. The summed E-state index contributed by atoms with van der Waals surface area (Å²) in [5.41, 5.74) is 6.64. The first-order valence-electron chi connectivity index (χ1n) is 5.57. The van der Waals surface area contributed by atoms with Gasteiger partial charge in [0.1, 0.15) is 0 Å². The highest BCUT2D eigenvalue weighted by molar-refractivity contribution is 5.09. The number of fused-ring (bicyclic) bond motifs is 5. The monoisotopic (exact) mass is 165 g/mol. The van der Waals surface area contributed by atoms with E-state index in [4.69, 9.17) is 5.73 Å². The molecule has 0 amide bonds. The minimum Gasteiger partial charge on any atom is -0.330 e. The van der Waals surface area contributed by atoms with Crippen LogP contribution in [0.2, 0.25) is 0 Å². The van der Waals surface area contributed by atoms with Gasteiger partial charge in [0.2, 0.25) is 0 Å². The minimum atomic E-state index is 0.642. The summed E-state index contributed by atoms with van der Waals surface area (Å²) in [5.74, 6) is 3.15. The van der Waals surface area contributed by atoms with Crippen molar-refractivity contribution < 1.29 is 0 Å². The van der Waals surface area contributed by atoms with Crippen LogP contribution in [0.4, 0.5) is 0 Å². The van der Waals surface area contributed by atoms with Crippen LogP contribution >= 0.6 is 0 Å². The topological polar surface area (TPSA) is 26.0 Å². The van der Waals surface area contributed by atoms with Gasteiger partial charge in [-0.15, -0.1) is 0 Å². The number of rotatable bonds is 1. The third-order valence-corrected chi connectivity index (χ3v) is 5.13. The molecule has 3 fully saturated rings. The van der Waals surface area contributed by atoms with Crippen LogP contribution < -0.4 is 5.73 Å². The zero-order valence-corrected chi connectivity index (χ0v) is 7.76. The van der Waals surface area contributed by atoms with Gasteiger partial charge in [-0.25, -0.2) is 0 Å². The summed E-state index contributed by atoms with van der Waals surface area (Å²) in [6, 6.07) is 0. The standard InChI is InChI=1S/C11H19N/c12-7-11-5-1-2-10(11)8-3-4-9(11)6-8/h8-10H,1-7,12H2/t8-,9-,10+,11+/m0/s1. The Balaban J connectivity index is 1.98. The van der Waals surface area contributed by atoms with Crippen molar-refractivity contribution in [2.24, 2.45) is 28.9 Å². The van der Waals surface area contributed by atoms with Gasteiger partial charge in [-0.2, -0.15) is 0 Å². The van der Waals surface area contributed by atoms with Gasteiger partial charge in [0.05, 0.1) is 0 Å². The van der Waals surface area contributed by atoms with Gasteiger partial charge in [0.25, 0.3) is 0 Å². The average Bonchev–Trinajstić information content (AvgIpc) is 2.76. The smallest absolute Gasteiger partial charge is 0.00151 e. The molecule has 4 atom stereocenters. The van der Waals surface area contributed by atoms with Crippen LogP contribution in [0.5, 0.6) is 0 Å². The van der Waals surface area contributed by atoms with Gasteiger partial charge in [0, 0.05) is 0 Å². The zero-order chi connectivity index (χ0) is 8.18. The lowest BCUT2D eigenvalue weighted by atomic mass is 9.68. The maximum atomic E-state index is 6.00. The highest BCUT2D eigenvalue weighted by Crippen LogP contribution is 2.65. The molecule has 0 aromatic carbocycles. The lowest BCUT2D eigenvalue weighted by Crippen LogP contribution is -2.39. The fourth-order valence-electron chi connectivity index (χ4n) is 4.66. The summed E-state index contributed by atoms with van der Waals surface area (Å²) >= 11 is 0. The lowest BCUT2D eigenvalue weighted by molar-refractivity contribution is 0.121. The second kappa shape index (κ2) is 2.25. The molecule has 0 spiro atoms. The Morgan fingerprint density at radius 2 is 2.17 bits per heavy atom. The van der Waals surface area contributed by atoms with Crippen LogP contribution in [0, 0.1) is 23.2 Å². The van der Waals surface area contributed by atoms with Crippen molar-refractivity contribution in [2.45, 2.75) is 38.5 Å². The largest absolute Gasteiger partial charge is 0.330 e. The predicted octanol–water partition coefficient (Wildman–Crippen LogP) is 2.16. The third kappa shape index (κ3) is 0.654. The van der Waals surface area contributed by atoms with Crippen molar-refractivity contribution >= 4 is 0 Å². The van der Waals surface area contributed by atoms with Crippen molar-refractivity contribution in [1.82, 2.24) is 0 Å². The Kier molecular flexibility index (Phi) is 1.39. The van der Waals surface area contributed by atoms with E-state index in [-0.39, 0.29) is 0 Å². The fourth-order valence-corrected chi connectivity index (χ4v) is 4.66. The summed E-state index contributed by atoms with van der Waals surface area (Å²) in [6.07, 6.45) is 8.97. The molecule has 1 heteroatoms. The maximum Gasteiger partial charge on any atom is -0.00151 e. The summed E-state index contributed by atoms with van der Waals surface area (Å²) in [7, 11) is 0. The zero-order valence-electron chi connectivity index (χ0n) is 7.76. The van der Waals surface area contributed by atoms with Gasteiger partial charge in [0.15, 0.2) is 0 Å². The van der Waals surface area contributed by atoms with Gasteiger partial charge < -0.3 is 5.73 Å². The van der Waals surface area contributed by atoms with E-state index in [0.29, 0.717) is 5.41 Å². The van der Waals surface area contributed by atoms with E-state index in [9.17, 15) is 0 Å². The van der Waals surface area contributed by atoms with Crippen LogP contribution in [0.15, 0.2) is 0 Å². The lowest BCUT2D eigenvalue weighted by Gasteiger charge is -2.38. The molecule has 0 saturated heterocycles. The quantitative estimate of drug-likeness (QED) is 0.633. The molecule has 2 N–H and O–H groups in total. The van der Waals surface area contributed by atoms with E-state index in [2.05, 4.69) is 0 Å². The van der Waals surface area contributed by atoms with Crippen LogP contribution in [0.3, 0.4) is 0 Å². The van der Waals surface area contributed by atoms with Crippen LogP contribution in [-0.2, 0) is 0 Å². The van der Waals surface area contributed by atoms with E-state index in [1.807, 2.05) is 0 Å². The van der Waals surface area contributed by atoms with Crippen molar-refractivity contribution in [3.8, 4) is 0 Å². The molecule has 0 heterocycles. The molecule has 12 heavy (non-hydrogen) atoms. The van der Waals surface area contributed by atoms with Crippen molar-refractivity contribution in [2.75, 3.05) is 6.54 Å². The third-order valence-electron chi connectivity index (χ3n) is 5.13. The van der Waals surface area contributed by atoms with E-state index in [1.54, 1.807) is 0 Å². The highest BCUT2D eigenvalue weighted by atomic mass is 14.7. The second-order valence-corrected chi connectivity index (χ2v) is 5.21. The predicted molar refractivity (Wildman–Crippen MR) is 49.7 cm³/mol. The molecule has 3 rings (SSSR count). The molecular weight excluding hydrogens is 146 g/mol. The fraction of sp³-hybridized carbons (Fsp3) is 1.00. The molecule has 1 nitrogen and oxygen atoms in total. The Labute approximate surface area is 74.7 Å². The minimum absolute atomic E-state index is 0.642. The Morgan fingerprint density at radius 1 is 1.25 bits per heavy atom. The van der Waals surface area contributed by atoms with E-state index in [0.717, 1.165) is 24.3 Å². The molecule has 3 saturated carbocycles. The molecule has 0 aromatic heterocycles. The van der Waals surface area contributed by atoms with E-state index in [1.165, 1.54) is 38.5 Å². The van der Waals surface area contributed by atoms with E-state index < -0.39 is 0 Å². The molecule has 3 aliphatic rings. The highest BCUT2D eigenvalue weighted by Gasteiger charge is 2.58. The number of hydrogen-bond donors (Lipinski definition) is 1. The van der Waals surface area contributed by atoms with Crippen molar-refractivity contribution in [1.29, 1.82) is 0 Å². The van der Waals surface area contributed by atoms with E-state index >= 15 is 0 Å². The van der Waals surface area contributed by atoms with Gasteiger partial charge in [-0.1, -0.05) is 6.42 Å². The first kappa shape index (κ1) is 7.37. The average molecular weight is 165 g/mol. The Morgan fingerprint density at radius 3 is 2.92 bits per heavy atom.